The van der Waals surface area contributed by atoms with E-state index in [1.54, 1.807) is 6.07 Å². The fraction of sp³-hybridized carbons (Fsp3) is 0.250. The van der Waals surface area contributed by atoms with Gasteiger partial charge in [-0.2, -0.15) is 0 Å². The lowest BCUT2D eigenvalue weighted by Crippen LogP contribution is -1.94. The normalized spacial score (nSPS) is 10.1. The molecule has 0 aliphatic carbocycles. The SMILES string of the molecule is Fc1cccc(CC[S])c1F. The standard InChI is InChI=1S/C8H7F2S/c9-7-3-1-2-6(4-5-11)8(7)10/h1-3H,4-5H2. The molecule has 0 heterocycles. The average Bonchev–Trinajstić information content (AvgIpc) is 1.99. The molecule has 0 aliphatic rings. The highest BCUT2D eigenvalue weighted by Gasteiger charge is 2.05. The molecular weight excluding hydrogens is 166 g/mol. The van der Waals surface area contributed by atoms with Gasteiger partial charge in [-0.15, -0.1) is 0 Å². The maximum absolute atomic E-state index is 12.8. The Morgan fingerprint density at radius 2 is 2.00 bits per heavy atom. The second kappa shape index (κ2) is 3.72. The summed E-state index contributed by atoms with van der Waals surface area (Å²) < 4.78 is 25.3. The molecule has 0 amide bonds. The van der Waals surface area contributed by atoms with Gasteiger partial charge in [0.1, 0.15) is 0 Å². The van der Waals surface area contributed by atoms with Crippen molar-refractivity contribution in [1.29, 1.82) is 0 Å². The van der Waals surface area contributed by atoms with E-state index >= 15 is 0 Å². The van der Waals surface area contributed by atoms with Gasteiger partial charge in [0.15, 0.2) is 11.6 Å². The minimum absolute atomic E-state index is 0.361. The molecule has 0 unspecified atom stereocenters. The van der Waals surface area contributed by atoms with Crippen LogP contribution in [0.3, 0.4) is 0 Å². The molecule has 1 radical (unpaired) electrons. The van der Waals surface area contributed by atoms with Crippen molar-refractivity contribution in [2.75, 3.05) is 5.75 Å². The van der Waals surface area contributed by atoms with Crippen LogP contribution in [0, 0.1) is 11.6 Å². The molecule has 0 atom stereocenters. The summed E-state index contributed by atoms with van der Waals surface area (Å²) in [6.45, 7) is 0. The van der Waals surface area contributed by atoms with Gasteiger partial charge in [0.25, 0.3) is 0 Å². The molecule has 1 aromatic rings. The predicted octanol–water partition coefficient (Wildman–Crippen LogP) is 2.70. The molecule has 1 rings (SSSR count). The van der Waals surface area contributed by atoms with Gasteiger partial charge in [-0.1, -0.05) is 24.8 Å². The van der Waals surface area contributed by atoms with E-state index in [0.29, 0.717) is 17.7 Å². The molecular formula is C8H7F2S. The van der Waals surface area contributed by atoms with Crippen LogP contribution in [0.2, 0.25) is 0 Å². The van der Waals surface area contributed by atoms with Gasteiger partial charge in [0.2, 0.25) is 0 Å². The fourth-order valence-corrected chi connectivity index (χ4v) is 1.07. The average molecular weight is 173 g/mol. The summed E-state index contributed by atoms with van der Waals surface area (Å²) in [6, 6.07) is 4.13. The number of hydrogen-bond acceptors (Lipinski definition) is 0. The summed E-state index contributed by atoms with van der Waals surface area (Å²) >= 11 is 4.65. The Morgan fingerprint density at radius 1 is 1.27 bits per heavy atom. The molecule has 0 fully saturated rings. The second-order valence-corrected chi connectivity index (χ2v) is 2.58. The first kappa shape index (κ1) is 8.53. The summed E-state index contributed by atoms with van der Waals surface area (Å²) in [4.78, 5) is 0. The van der Waals surface area contributed by atoms with E-state index < -0.39 is 11.6 Å². The van der Waals surface area contributed by atoms with Gasteiger partial charge < -0.3 is 0 Å². The van der Waals surface area contributed by atoms with E-state index in [-0.39, 0.29) is 0 Å². The first-order valence-corrected chi connectivity index (χ1v) is 3.84. The third-order valence-electron chi connectivity index (χ3n) is 1.40. The maximum Gasteiger partial charge on any atom is 0.162 e. The molecule has 11 heavy (non-hydrogen) atoms. The van der Waals surface area contributed by atoms with Gasteiger partial charge in [-0.3, -0.25) is 0 Å². The molecule has 0 saturated carbocycles. The molecule has 0 spiro atoms. The summed E-state index contributed by atoms with van der Waals surface area (Å²) in [5.74, 6) is -1.15. The summed E-state index contributed by atoms with van der Waals surface area (Å²) in [5.41, 5.74) is 0.361. The number of hydrogen-bond donors (Lipinski definition) is 0. The zero-order valence-electron chi connectivity index (χ0n) is 5.81. The zero-order chi connectivity index (χ0) is 8.27. The molecule has 0 saturated heterocycles. The monoisotopic (exact) mass is 173 g/mol. The Morgan fingerprint density at radius 3 is 2.64 bits per heavy atom. The van der Waals surface area contributed by atoms with Gasteiger partial charge in [-0.25, -0.2) is 8.78 Å². The van der Waals surface area contributed by atoms with E-state index in [1.807, 2.05) is 0 Å². The Kier molecular flexibility index (Phi) is 2.88. The molecule has 0 bridgehead atoms. The highest BCUT2D eigenvalue weighted by atomic mass is 32.1. The number of halogens is 2. The fourth-order valence-electron chi connectivity index (χ4n) is 0.851. The first-order valence-electron chi connectivity index (χ1n) is 3.26. The van der Waals surface area contributed by atoms with Crippen molar-refractivity contribution in [3.63, 3.8) is 0 Å². The van der Waals surface area contributed by atoms with Gasteiger partial charge in [0, 0.05) is 5.75 Å². The Labute approximate surface area is 69.6 Å². The van der Waals surface area contributed by atoms with Crippen LogP contribution in [0.25, 0.3) is 0 Å². The third kappa shape index (κ3) is 1.93. The predicted molar refractivity (Wildman–Crippen MR) is 42.5 cm³/mol. The molecule has 0 aromatic heterocycles. The Balaban J connectivity index is 2.96. The van der Waals surface area contributed by atoms with E-state index in [0.717, 1.165) is 6.07 Å². The van der Waals surface area contributed by atoms with Crippen molar-refractivity contribution in [3.05, 3.63) is 35.4 Å². The lowest BCUT2D eigenvalue weighted by atomic mass is 10.1. The minimum Gasteiger partial charge on any atom is -0.204 e. The van der Waals surface area contributed by atoms with Crippen LogP contribution < -0.4 is 0 Å². The number of aryl methyl sites for hydroxylation is 1. The Hall–Kier alpha value is -0.570. The largest absolute Gasteiger partial charge is 0.204 e. The maximum atomic E-state index is 12.8. The van der Waals surface area contributed by atoms with Crippen molar-refractivity contribution in [1.82, 2.24) is 0 Å². The van der Waals surface area contributed by atoms with Crippen LogP contribution >= 0.6 is 12.6 Å². The Bertz CT molecular complexity index is 248. The highest BCUT2D eigenvalue weighted by molar-refractivity contribution is 7.80. The van der Waals surface area contributed by atoms with E-state index in [9.17, 15) is 8.78 Å². The summed E-state index contributed by atoms with van der Waals surface area (Å²) in [5, 5.41) is 0. The van der Waals surface area contributed by atoms with Gasteiger partial charge >= 0.3 is 0 Å². The van der Waals surface area contributed by atoms with Crippen LogP contribution in [-0.2, 0) is 6.42 Å². The minimum atomic E-state index is -0.800. The topological polar surface area (TPSA) is 0 Å². The van der Waals surface area contributed by atoms with Crippen LogP contribution in [0.4, 0.5) is 8.78 Å². The first-order chi connectivity index (χ1) is 5.25. The van der Waals surface area contributed by atoms with Gasteiger partial charge in [0.05, 0.1) is 0 Å². The molecule has 1 aromatic carbocycles. The molecule has 59 valence electrons. The van der Waals surface area contributed by atoms with E-state index in [1.165, 1.54) is 6.07 Å². The highest BCUT2D eigenvalue weighted by Crippen LogP contribution is 2.11. The van der Waals surface area contributed by atoms with E-state index in [2.05, 4.69) is 12.6 Å². The summed E-state index contributed by atoms with van der Waals surface area (Å²) in [6.07, 6.45) is 0.416. The van der Waals surface area contributed by atoms with Crippen LogP contribution in [0.15, 0.2) is 18.2 Å². The van der Waals surface area contributed by atoms with Crippen LogP contribution in [0.1, 0.15) is 5.56 Å². The smallest absolute Gasteiger partial charge is 0.162 e. The molecule has 0 N–H and O–H groups in total. The third-order valence-corrected chi connectivity index (χ3v) is 1.61. The molecule has 3 heteroatoms. The van der Waals surface area contributed by atoms with E-state index in [4.69, 9.17) is 0 Å². The van der Waals surface area contributed by atoms with Crippen molar-refractivity contribution < 1.29 is 8.78 Å². The lowest BCUT2D eigenvalue weighted by molar-refractivity contribution is 0.500. The van der Waals surface area contributed by atoms with Crippen molar-refractivity contribution in [3.8, 4) is 0 Å². The molecule has 0 nitrogen and oxygen atoms in total. The summed E-state index contributed by atoms with van der Waals surface area (Å²) in [7, 11) is 0. The zero-order valence-corrected chi connectivity index (χ0v) is 6.63. The quantitative estimate of drug-likeness (QED) is 0.645. The number of rotatable bonds is 2. The second-order valence-electron chi connectivity index (χ2n) is 2.17. The van der Waals surface area contributed by atoms with Crippen LogP contribution in [-0.4, -0.2) is 5.75 Å². The van der Waals surface area contributed by atoms with Gasteiger partial charge in [-0.05, 0) is 18.1 Å². The van der Waals surface area contributed by atoms with Crippen molar-refractivity contribution >= 4 is 12.6 Å². The van der Waals surface area contributed by atoms with Crippen LogP contribution in [0.5, 0.6) is 0 Å². The number of benzene rings is 1. The lowest BCUT2D eigenvalue weighted by Gasteiger charge is -1.99. The van der Waals surface area contributed by atoms with Crippen molar-refractivity contribution in [2.45, 2.75) is 6.42 Å². The van der Waals surface area contributed by atoms with Crippen molar-refractivity contribution in [2.24, 2.45) is 0 Å². The molecule has 0 aliphatic heterocycles.